The van der Waals surface area contributed by atoms with E-state index in [0.717, 1.165) is 12.2 Å². The molecule has 0 aromatic carbocycles. The van der Waals surface area contributed by atoms with Crippen molar-refractivity contribution in [2.45, 2.75) is 37.4 Å². The molecular formula is C12H18BrN3O. The molecule has 1 aromatic rings. The number of alkyl halides is 1. The number of aryl methyl sites for hydroxylation is 1. The Kier molecular flexibility index (Phi) is 4.20. The van der Waals surface area contributed by atoms with E-state index in [-0.39, 0.29) is 5.91 Å². The number of rotatable bonds is 3. The molecule has 2 rings (SSSR count). The van der Waals surface area contributed by atoms with Gasteiger partial charge in [0.25, 0.3) is 5.91 Å². The number of aromatic amines is 1. The van der Waals surface area contributed by atoms with Gasteiger partial charge in [0.1, 0.15) is 0 Å². The first-order valence-corrected chi connectivity index (χ1v) is 7.00. The molecule has 1 aliphatic rings. The van der Waals surface area contributed by atoms with E-state index in [4.69, 9.17) is 0 Å². The molecule has 1 aliphatic carbocycles. The maximum atomic E-state index is 11.9. The van der Waals surface area contributed by atoms with Gasteiger partial charge in [-0.3, -0.25) is 9.89 Å². The maximum Gasteiger partial charge on any atom is 0.254 e. The van der Waals surface area contributed by atoms with Crippen molar-refractivity contribution in [2.75, 3.05) is 6.54 Å². The minimum atomic E-state index is -0.0165. The Bertz CT molecular complexity index is 383. The predicted molar refractivity (Wildman–Crippen MR) is 70.3 cm³/mol. The minimum Gasteiger partial charge on any atom is -0.352 e. The number of amides is 1. The smallest absolute Gasteiger partial charge is 0.254 e. The first kappa shape index (κ1) is 12.6. The molecule has 0 radical (unpaired) electrons. The lowest BCUT2D eigenvalue weighted by Gasteiger charge is -2.25. The number of hydrogen-bond acceptors (Lipinski definition) is 2. The van der Waals surface area contributed by atoms with Crippen LogP contribution in [0.25, 0.3) is 0 Å². The molecule has 1 aromatic heterocycles. The number of nitrogens with one attached hydrogen (secondary N) is 2. The van der Waals surface area contributed by atoms with Crippen molar-refractivity contribution in [2.24, 2.45) is 5.92 Å². The molecule has 0 aliphatic heterocycles. The van der Waals surface area contributed by atoms with Crippen LogP contribution in [0.5, 0.6) is 0 Å². The predicted octanol–water partition coefficient (Wildman–Crippen LogP) is 2.40. The van der Waals surface area contributed by atoms with E-state index in [1.165, 1.54) is 25.7 Å². The third kappa shape index (κ3) is 3.31. The zero-order valence-corrected chi connectivity index (χ0v) is 11.6. The van der Waals surface area contributed by atoms with Crippen LogP contribution in [0.1, 0.15) is 41.7 Å². The average Bonchev–Trinajstić information content (AvgIpc) is 2.74. The van der Waals surface area contributed by atoms with Gasteiger partial charge in [-0.2, -0.15) is 5.10 Å². The molecule has 1 saturated carbocycles. The van der Waals surface area contributed by atoms with E-state index >= 15 is 0 Å². The summed E-state index contributed by atoms with van der Waals surface area (Å²) in [7, 11) is 0. The van der Waals surface area contributed by atoms with Crippen LogP contribution in [0, 0.1) is 12.8 Å². The standard InChI is InChI=1S/C12H18BrN3O/c1-8-11(7-15-16-8)12(17)14-6-9-2-4-10(13)5-3-9/h7,9-10H,2-6H2,1H3,(H,14,17)(H,15,16). The summed E-state index contributed by atoms with van der Waals surface area (Å²) in [6, 6.07) is 0. The van der Waals surface area contributed by atoms with E-state index in [1.807, 2.05) is 6.92 Å². The lowest BCUT2D eigenvalue weighted by molar-refractivity contribution is 0.0943. The molecule has 0 unspecified atom stereocenters. The molecule has 1 heterocycles. The van der Waals surface area contributed by atoms with Gasteiger partial charge in [0.05, 0.1) is 11.8 Å². The van der Waals surface area contributed by atoms with E-state index in [2.05, 4.69) is 31.4 Å². The molecule has 17 heavy (non-hydrogen) atoms. The fourth-order valence-corrected chi connectivity index (χ4v) is 2.77. The second-order valence-electron chi connectivity index (χ2n) is 4.74. The highest BCUT2D eigenvalue weighted by Crippen LogP contribution is 2.28. The molecule has 0 atom stereocenters. The molecule has 0 bridgehead atoms. The van der Waals surface area contributed by atoms with Crippen LogP contribution in [-0.4, -0.2) is 27.5 Å². The normalized spacial score (nSPS) is 24.6. The largest absolute Gasteiger partial charge is 0.352 e. The maximum absolute atomic E-state index is 11.9. The summed E-state index contributed by atoms with van der Waals surface area (Å²) < 4.78 is 0. The summed E-state index contributed by atoms with van der Waals surface area (Å²) in [5.74, 6) is 0.608. The zero-order chi connectivity index (χ0) is 12.3. The van der Waals surface area contributed by atoms with Crippen molar-refractivity contribution in [3.8, 4) is 0 Å². The van der Waals surface area contributed by atoms with Crippen molar-refractivity contribution in [3.05, 3.63) is 17.5 Å². The van der Waals surface area contributed by atoms with Crippen LogP contribution in [-0.2, 0) is 0 Å². The molecule has 94 valence electrons. The lowest BCUT2D eigenvalue weighted by atomic mass is 9.89. The molecule has 4 nitrogen and oxygen atoms in total. The van der Waals surface area contributed by atoms with Crippen molar-refractivity contribution in [3.63, 3.8) is 0 Å². The fourth-order valence-electron chi connectivity index (χ4n) is 2.24. The summed E-state index contributed by atoms with van der Waals surface area (Å²) in [4.78, 5) is 12.5. The summed E-state index contributed by atoms with van der Waals surface area (Å²) in [6.07, 6.45) is 6.40. The van der Waals surface area contributed by atoms with Crippen molar-refractivity contribution in [1.29, 1.82) is 0 Å². The van der Waals surface area contributed by atoms with Gasteiger partial charge < -0.3 is 5.32 Å². The van der Waals surface area contributed by atoms with Gasteiger partial charge in [0.2, 0.25) is 0 Å². The highest BCUT2D eigenvalue weighted by Gasteiger charge is 2.20. The Morgan fingerprint density at radius 3 is 2.82 bits per heavy atom. The molecule has 2 N–H and O–H groups in total. The SMILES string of the molecule is Cc1[nH]ncc1C(=O)NCC1CCC(Br)CC1. The Hall–Kier alpha value is -0.840. The number of H-pyrrole nitrogens is 1. The van der Waals surface area contributed by atoms with Crippen molar-refractivity contribution >= 4 is 21.8 Å². The van der Waals surface area contributed by atoms with Crippen LogP contribution in [0.3, 0.4) is 0 Å². The van der Waals surface area contributed by atoms with Crippen LogP contribution in [0.2, 0.25) is 0 Å². The molecule has 1 fully saturated rings. The first-order valence-electron chi connectivity index (χ1n) is 6.09. The number of halogens is 1. The number of carbonyl (C=O) groups is 1. The Labute approximate surface area is 110 Å². The van der Waals surface area contributed by atoms with Crippen LogP contribution in [0.4, 0.5) is 0 Å². The van der Waals surface area contributed by atoms with Gasteiger partial charge in [0, 0.05) is 17.1 Å². The van der Waals surface area contributed by atoms with Gasteiger partial charge in [-0.15, -0.1) is 0 Å². The van der Waals surface area contributed by atoms with Crippen molar-refractivity contribution < 1.29 is 4.79 Å². The molecule has 1 amide bonds. The summed E-state index contributed by atoms with van der Waals surface area (Å²) in [6.45, 7) is 2.64. The van der Waals surface area contributed by atoms with Crippen LogP contribution < -0.4 is 5.32 Å². The van der Waals surface area contributed by atoms with Crippen LogP contribution >= 0.6 is 15.9 Å². The third-order valence-electron chi connectivity index (χ3n) is 3.40. The fraction of sp³-hybridized carbons (Fsp3) is 0.667. The average molecular weight is 300 g/mol. The van der Waals surface area contributed by atoms with Crippen LogP contribution in [0.15, 0.2) is 6.20 Å². The highest BCUT2D eigenvalue weighted by atomic mass is 79.9. The Balaban J connectivity index is 1.79. The van der Waals surface area contributed by atoms with Gasteiger partial charge in [-0.1, -0.05) is 15.9 Å². The molecule has 0 saturated heterocycles. The molecule has 5 heteroatoms. The monoisotopic (exact) mass is 299 g/mol. The number of aromatic nitrogens is 2. The number of carbonyl (C=O) groups excluding carboxylic acids is 1. The second-order valence-corrected chi connectivity index (χ2v) is 6.03. The lowest BCUT2D eigenvalue weighted by Crippen LogP contribution is -2.31. The Morgan fingerprint density at radius 1 is 1.53 bits per heavy atom. The van der Waals surface area contributed by atoms with Crippen molar-refractivity contribution in [1.82, 2.24) is 15.5 Å². The number of nitrogens with zero attached hydrogens (tertiary/aromatic N) is 1. The summed E-state index contributed by atoms with van der Waals surface area (Å²) in [5, 5.41) is 9.63. The third-order valence-corrected chi connectivity index (χ3v) is 4.32. The van der Waals surface area contributed by atoms with Gasteiger partial charge >= 0.3 is 0 Å². The second kappa shape index (κ2) is 5.67. The molecule has 0 spiro atoms. The van der Waals surface area contributed by atoms with E-state index < -0.39 is 0 Å². The molecular weight excluding hydrogens is 282 g/mol. The van der Waals surface area contributed by atoms with Gasteiger partial charge in [-0.05, 0) is 38.5 Å². The van der Waals surface area contributed by atoms with Gasteiger partial charge in [0.15, 0.2) is 0 Å². The number of hydrogen-bond donors (Lipinski definition) is 2. The topological polar surface area (TPSA) is 57.8 Å². The summed E-state index contributed by atoms with van der Waals surface area (Å²) >= 11 is 3.64. The Morgan fingerprint density at radius 2 is 2.24 bits per heavy atom. The van der Waals surface area contributed by atoms with E-state index in [0.29, 0.717) is 16.3 Å². The van der Waals surface area contributed by atoms with Gasteiger partial charge in [-0.25, -0.2) is 0 Å². The highest BCUT2D eigenvalue weighted by molar-refractivity contribution is 9.09. The quantitative estimate of drug-likeness (QED) is 0.842. The van der Waals surface area contributed by atoms with E-state index in [1.54, 1.807) is 6.20 Å². The minimum absolute atomic E-state index is 0.0165. The first-order chi connectivity index (χ1) is 8.16. The zero-order valence-electron chi connectivity index (χ0n) is 10.0. The summed E-state index contributed by atoms with van der Waals surface area (Å²) in [5.41, 5.74) is 1.48. The van der Waals surface area contributed by atoms with E-state index in [9.17, 15) is 4.79 Å².